The number of allylic oxidation sites excluding steroid dienone is 2. The third-order valence-electron chi connectivity index (χ3n) is 7.29. The average Bonchev–Trinajstić information content (AvgIpc) is 3.43. The summed E-state index contributed by atoms with van der Waals surface area (Å²) in [5.74, 6) is 0.250. The predicted molar refractivity (Wildman–Crippen MR) is 129 cm³/mol. The lowest BCUT2D eigenvalue weighted by atomic mass is 9.77. The molecular weight excluding hydrogens is 412 g/mol. The van der Waals surface area contributed by atoms with Crippen molar-refractivity contribution in [3.05, 3.63) is 78.6 Å². The van der Waals surface area contributed by atoms with Gasteiger partial charge in [0.05, 0.1) is 42.2 Å². The average molecular weight is 443 g/mol. The molecule has 0 bridgehead atoms. The fourth-order valence-corrected chi connectivity index (χ4v) is 5.50. The lowest BCUT2D eigenvalue weighted by molar-refractivity contribution is -0.121. The monoisotopic (exact) mass is 442 g/mol. The van der Waals surface area contributed by atoms with Crippen LogP contribution in [0.3, 0.4) is 0 Å². The number of fused-ring (bicyclic) bond motifs is 1. The summed E-state index contributed by atoms with van der Waals surface area (Å²) in [6.07, 6.45) is 10.7. The Morgan fingerprint density at radius 3 is 2.61 bits per heavy atom. The van der Waals surface area contributed by atoms with Gasteiger partial charge in [-0.05, 0) is 73.8 Å². The van der Waals surface area contributed by atoms with Crippen molar-refractivity contribution in [1.29, 1.82) is 0 Å². The Labute approximate surface area is 194 Å². The maximum Gasteiger partial charge on any atom is 0.227 e. The largest absolute Gasteiger partial charge is 0.393 e. The zero-order valence-electron chi connectivity index (χ0n) is 18.9. The van der Waals surface area contributed by atoms with Gasteiger partial charge in [0.25, 0.3) is 0 Å². The van der Waals surface area contributed by atoms with Crippen molar-refractivity contribution < 1.29 is 9.90 Å². The number of anilines is 1. The van der Waals surface area contributed by atoms with Gasteiger partial charge in [-0.2, -0.15) is 0 Å². The van der Waals surface area contributed by atoms with Crippen molar-refractivity contribution in [1.82, 2.24) is 14.5 Å². The van der Waals surface area contributed by atoms with Gasteiger partial charge in [-0.25, -0.2) is 4.98 Å². The molecule has 2 aliphatic rings. The second-order valence-corrected chi connectivity index (χ2v) is 9.25. The van der Waals surface area contributed by atoms with Crippen molar-refractivity contribution in [2.24, 2.45) is 11.8 Å². The molecule has 1 aliphatic heterocycles. The molecule has 1 aliphatic carbocycles. The molecule has 1 saturated carbocycles. The number of pyridine rings is 1. The van der Waals surface area contributed by atoms with Crippen LogP contribution in [0.5, 0.6) is 0 Å². The van der Waals surface area contributed by atoms with Gasteiger partial charge >= 0.3 is 0 Å². The van der Waals surface area contributed by atoms with Gasteiger partial charge in [-0.1, -0.05) is 30.3 Å². The van der Waals surface area contributed by atoms with E-state index in [0.717, 1.165) is 37.1 Å². The molecule has 2 aromatic heterocycles. The number of nitrogens with zero attached hydrogens (tertiary/aromatic N) is 3. The number of aliphatic hydroxyl groups is 1. The van der Waals surface area contributed by atoms with Crippen molar-refractivity contribution in [3.63, 3.8) is 0 Å². The Morgan fingerprint density at radius 1 is 1.09 bits per heavy atom. The van der Waals surface area contributed by atoms with E-state index in [1.165, 1.54) is 16.7 Å². The summed E-state index contributed by atoms with van der Waals surface area (Å²) >= 11 is 0. The van der Waals surface area contributed by atoms with E-state index in [1.807, 2.05) is 30.7 Å². The van der Waals surface area contributed by atoms with E-state index in [9.17, 15) is 9.90 Å². The first-order valence-electron chi connectivity index (χ1n) is 11.8. The zero-order valence-corrected chi connectivity index (χ0v) is 18.9. The summed E-state index contributed by atoms with van der Waals surface area (Å²) < 4.78 is 2.20. The molecule has 5 rings (SSSR count). The van der Waals surface area contributed by atoms with Crippen LogP contribution < -0.4 is 5.32 Å². The minimum Gasteiger partial charge on any atom is -0.393 e. The Balaban J connectivity index is 1.24. The third-order valence-corrected chi connectivity index (χ3v) is 7.29. The van der Waals surface area contributed by atoms with Crippen molar-refractivity contribution in [3.8, 4) is 0 Å². The number of hydrogen-bond acceptors (Lipinski definition) is 4. The third kappa shape index (κ3) is 4.35. The molecular formula is C27H30N4O2. The fourth-order valence-electron chi connectivity index (χ4n) is 5.50. The molecule has 3 aromatic rings. The molecule has 0 saturated heterocycles. The summed E-state index contributed by atoms with van der Waals surface area (Å²) in [6, 6.07) is 14.2. The summed E-state index contributed by atoms with van der Waals surface area (Å²) in [7, 11) is 0. The molecule has 170 valence electrons. The molecule has 2 unspecified atom stereocenters. The smallest absolute Gasteiger partial charge is 0.227 e. The molecule has 6 heteroatoms. The Hall–Kier alpha value is -3.25. The van der Waals surface area contributed by atoms with Crippen LogP contribution in [0, 0.1) is 11.8 Å². The minimum atomic E-state index is -0.419. The number of aliphatic hydroxyl groups excluding tert-OH is 1. The molecule has 1 amide bonds. The maximum absolute atomic E-state index is 12.6. The SMILES string of the molecule is CC1=C(c2ccccc2)C(CC(O)C2CCC(C(=O)Nc3cccnc3)CC2)n2cncc21. The molecule has 2 N–H and O–H groups in total. The van der Waals surface area contributed by atoms with E-state index in [0.29, 0.717) is 6.42 Å². The van der Waals surface area contributed by atoms with E-state index >= 15 is 0 Å². The Bertz CT molecular complexity index is 1130. The minimum absolute atomic E-state index is 0.0117. The number of nitrogens with one attached hydrogen (secondary N) is 1. The topological polar surface area (TPSA) is 80.0 Å². The summed E-state index contributed by atoms with van der Waals surface area (Å²) in [5.41, 5.74) is 5.56. The molecule has 1 aromatic carbocycles. The number of carbonyl (C=O) groups excluding carboxylic acids is 1. The summed E-state index contributed by atoms with van der Waals surface area (Å²) in [5, 5.41) is 14.2. The first kappa shape index (κ1) is 21.6. The van der Waals surface area contributed by atoms with Crippen LogP contribution >= 0.6 is 0 Å². The van der Waals surface area contributed by atoms with Crippen LogP contribution in [0.25, 0.3) is 11.1 Å². The normalized spacial score (nSPS) is 23.3. The van der Waals surface area contributed by atoms with Gasteiger partial charge in [-0.3, -0.25) is 9.78 Å². The highest BCUT2D eigenvalue weighted by molar-refractivity contribution is 5.94. The van der Waals surface area contributed by atoms with Gasteiger partial charge in [-0.15, -0.1) is 0 Å². The number of rotatable bonds is 6. The first-order chi connectivity index (χ1) is 16.1. The first-order valence-corrected chi connectivity index (χ1v) is 11.8. The van der Waals surface area contributed by atoms with Gasteiger partial charge in [0, 0.05) is 12.1 Å². The van der Waals surface area contributed by atoms with E-state index < -0.39 is 6.10 Å². The molecule has 33 heavy (non-hydrogen) atoms. The van der Waals surface area contributed by atoms with Crippen molar-refractivity contribution >= 4 is 22.7 Å². The van der Waals surface area contributed by atoms with Crippen LogP contribution in [0.15, 0.2) is 67.4 Å². The number of benzene rings is 1. The molecule has 2 atom stereocenters. The van der Waals surface area contributed by atoms with E-state index in [1.54, 1.807) is 12.4 Å². The van der Waals surface area contributed by atoms with E-state index in [-0.39, 0.29) is 23.8 Å². The predicted octanol–water partition coefficient (Wildman–Crippen LogP) is 4.96. The molecule has 0 spiro atoms. The van der Waals surface area contributed by atoms with Crippen LogP contribution in [0.1, 0.15) is 56.3 Å². The van der Waals surface area contributed by atoms with Crippen LogP contribution in [-0.2, 0) is 4.79 Å². The highest BCUT2D eigenvalue weighted by atomic mass is 16.3. The quantitative estimate of drug-likeness (QED) is 0.565. The van der Waals surface area contributed by atoms with Crippen LogP contribution in [0.4, 0.5) is 5.69 Å². The zero-order chi connectivity index (χ0) is 22.8. The molecule has 6 nitrogen and oxygen atoms in total. The maximum atomic E-state index is 12.6. The lowest BCUT2D eigenvalue weighted by Gasteiger charge is -2.32. The number of amides is 1. The van der Waals surface area contributed by atoms with Gasteiger partial charge < -0.3 is 15.0 Å². The number of carbonyl (C=O) groups is 1. The van der Waals surface area contributed by atoms with E-state index in [4.69, 9.17) is 0 Å². The molecule has 3 heterocycles. The second kappa shape index (κ2) is 9.32. The van der Waals surface area contributed by atoms with E-state index in [2.05, 4.69) is 51.0 Å². The Morgan fingerprint density at radius 2 is 1.88 bits per heavy atom. The van der Waals surface area contributed by atoms with Gasteiger partial charge in [0.2, 0.25) is 5.91 Å². The number of imidazole rings is 1. The highest BCUT2D eigenvalue weighted by Gasteiger charge is 2.35. The molecule has 1 fully saturated rings. The summed E-state index contributed by atoms with van der Waals surface area (Å²) in [6.45, 7) is 2.15. The van der Waals surface area contributed by atoms with Crippen molar-refractivity contribution in [2.45, 2.75) is 51.2 Å². The second-order valence-electron chi connectivity index (χ2n) is 9.25. The van der Waals surface area contributed by atoms with Crippen LogP contribution in [0.2, 0.25) is 0 Å². The van der Waals surface area contributed by atoms with Gasteiger partial charge in [0.15, 0.2) is 0 Å². The van der Waals surface area contributed by atoms with Crippen molar-refractivity contribution in [2.75, 3.05) is 5.32 Å². The lowest BCUT2D eigenvalue weighted by Crippen LogP contribution is -2.32. The summed E-state index contributed by atoms with van der Waals surface area (Å²) in [4.78, 5) is 21.1. The number of hydrogen-bond donors (Lipinski definition) is 2. The van der Waals surface area contributed by atoms with Gasteiger partial charge in [0.1, 0.15) is 0 Å². The van der Waals surface area contributed by atoms with Crippen LogP contribution in [-0.4, -0.2) is 31.7 Å². The number of aromatic nitrogens is 3. The Kier molecular flexibility index (Phi) is 6.09. The highest BCUT2D eigenvalue weighted by Crippen LogP contribution is 2.45. The standard InChI is InChI=1S/C27H30N4O2/c1-18-24-16-29-17-31(24)23(26(18)20-6-3-2-4-7-20)14-25(32)19-9-11-21(12-10-19)27(33)30-22-8-5-13-28-15-22/h2-8,13,15-17,19,21,23,25,32H,9-12,14H2,1H3,(H,30,33). The molecule has 0 radical (unpaired) electrons. The fraction of sp³-hybridized carbons (Fsp3) is 0.370.